The first-order chi connectivity index (χ1) is 7.83. The van der Waals surface area contributed by atoms with Crippen LogP contribution in [0.1, 0.15) is 57.8 Å². The molecule has 0 saturated heterocycles. The highest BCUT2D eigenvalue weighted by Crippen LogP contribution is 2.24. The molecule has 0 amide bonds. The minimum atomic E-state index is 0.359. The highest BCUT2D eigenvalue weighted by molar-refractivity contribution is 4.68. The maximum atomic E-state index is 8.68. The Hall–Kier alpha value is -0.0800. The Balaban J connectivity index is 1.95. The molecule has 0 spiro atoms. The molecule has 1 saturated carbocycles. The van der Waals surface area contributed by atoms with Gasteiger partial charge in [-0.05, 0) is 45.2 Å². The smallest absolute Gasteiger partial charge is 0.0431 e. The van der Waals surface area contributed by atoms with Crippen molar-refractivity contribution in [3.63, 3.8) is 0 Å². The van der Waals surface area contributed by atoms with E-state index in [-0.39, 0.29) is 0 Å². The molecule has 1 fully saturated rings. The van der Waals surface area contributed by atoms with Crippen LogP contribution in [0.5, 0.6) is 0 Å². The van der Waals surface area contributed by atoms with Crippen molar-refractivity contribution in [3.8, 4) is 0 Å². The van der Waals surface area contributed by atoms with Gasteiger partial charge in [0, 0.05) is 13.2 Å². The number of unbranched alkanes of at least 4 members (excludes halogenated alkanes) is 3. The van der Waals surface area contributed by atoms with E-state index in [2.05, 4.69) is 11.9 Å². The lowest BCUT2D eigenvalue weighted by Crippen LogP contribution is -2.27. The summed E-state index contributed by atoms with van der Waals surface area (Å²) in [6.07, 6.45) is 12.0. The van der Waals surface area contributed by atoms with Gasteiger partial charge in [0.2, 0.25) is 0 Å². The highest BCUT2D eigenvalue weighted by Gasteiger charge is 2.14. The fraction of sp³-hybridized carbons (Fsp3) is 1.00. The summed E-state index contributed by atoms with van der Waals surface area (Å²) in [7, 11) is 2.26. The maximum Gasteiger partial charge on any atom is 0.0431 e. The lowest BCUT2D eigenvalue weighted by Gasteiger charge is -2.26. The Morgan fingerprint density at radius 1 is 1.00 bits per heavy atom. The molecule has 2 nitrogen and oxygen atoms in total. The van der Waals surface area contributed by atoms with Crippen LogP contribution in [-0.4, -0.2) is 36.8 Å². The number of aliphatic hydroxyl groups is 1. The fourth-order valence-electron chi connectivity index (χ4n) is 2.75. The van der Waals surface area contributed by atoms with Crippen molar-refractivity contribution in [2.75, 3.05) is 26.7 Å². The first-order valence-corrected chi connectivity index (χ1v) is 7.12. The van der Waals surface area contributed by atoms with Crippen molar-refractivity contribution in [1.82, 2.24) is 4.90 Å². The van der Waals surface area contributed by atoms with Crippen LogP contribution in [0.15, 0.2) is 0 Å². The minimum absolute atomic E-state index is 0.359. The number of aliphatic hydroxyl groups excluding tert-OH is 1. The third-order valence-electron chi connectivity index (χ3n) is 3.74. The van der Waals surface area contributed by atoms with Gasteiger partial charge in [-0.15, -0.1) is 0 Å². The zero-order chi connectivity index (χ0) is 11.6. The quantitative estimate of drug-likeness (QED) is 0.644. The molecule has 0 unspecified atom stereocenters. The average Bonchev–Trinajstić information content (AvgIpc) is 2.30. The summed E-state index contributed by atoms with van der Waals surface area (Å²) in [6.45, 7) is 2.90. The normalized spacial score (nSPS) is 18.2. The minimum Gasteiger partial charge on any atom is -0.396 e. The molecule has 0 aliphatic heterocycles. The lowest BCUT2D eigenvalue weighted by atomic mass is 9.89. The van der Waals surface area contributed by atoms with Crippen molar-refractivity contribution in [1.29, 1.82) is 0 Å². The van der Waals surface area contributed by atoms with Gasteiger partial charge in [0.05, 0.1) is 0 Å². The Morgan fingerprint density at radius 2 is 1.69 bits per heavy atom. The Morgan fingerprint density at radius 3 is 2.38 bits per heavy atom. The second kappa shape index (κ2) is 9.00. The molecule has 2 heteroatoms. The van der Waals surface area contributed by atoms with E-state index in [1.165, 1.54) is 64.5 Å². The van der Waals surface area contributed by atoms with E-state index in [0.717, 1.165) is 12.3 Å². The van der Waals surface area contributed by atoms with Gasteiger partial charge in [0.15, 0.2) is 0 Å². The van der Waals surface area contributed by atoms with Gasteiger partial charge in [0.1, 0.15) is 0 Å². The van der Waals surface area contributed by atoms with E-state index in [9.17, 15) is 0 Å². The van der Waals surface area contributed by atoms with Crippen LogP contribution in [0, 0.1) is 5.92 Å². The summed E-state index contributed by atoms with van der Waals surface area (Å²) in [5.41, 5.74) is 0. The summed E-state index contributed by atoms with van der Waals surface area (Å²) >= 11 is 0. The van der Waals surface area contributed by atoms with Crippen LogP contribution >= 0.6 is 0 Å². The predicted octanol–water partition coefficient (Wildman–Crippen LogP) is 3.05. The SMILES string of the molecule is CN(CCCCCCO)CC1CCCCC1. The standard InChI is InChI=1S/C14H29NO/c1-15(11-7-2-3-8-12-16)13-14-9-5-4-6-10-14/h14,16H,2-13H2,1H3. The maximum absolute atomic E-state index is 8.68. The molecular formula is C14H29NO. The van der Waals surface area contributed by atoms with Crippen molar-refractivity contribution in [2.24, 2.45) is 5.92 Å². The van der Waals surface area contributed by atoms with Gasteiger partial charge in [-0.2, -0.15) is 0 Å². The van der Waals surface area contributed by atoms with Crippen molar-refractivity contribution in [3.05, 3.63) is 0 Å². The molecule has 1 N–H and O–H groups in total. The molecule has 16 heavy (non-hydrogen) atoms. The largest absolute Gasteiger partial charge is 0.396 e. The monoisotopic (exact) mass is 227 g/mol. The molecule has 0 aromatic carbocycles. The molecule has 96 valence electrons. The van der Waals surface area contributed by atoms with Gasteiger partial charge in [-0.1, -0.05) is 32.1 Å². The van der Waals surface area contributed by atoms with Gasteiger partial charge in [-0.3, -0.25) is 0 Å². The van der Waals surface area contributed by atoms with Crippen molar-refractivity contribution < 1.29 is 5.11 Å². The molecule has 0 aromatic rings. The van der Waals surface area contributed by atoms with E-state index in [0.29, 0.717) is 6.61 Å². The predicted molar refractivity (Wildman–Crippen MR) is 69.6 cm³/mol. The topological polar surface area (TPSA) is 23.5 Å². The van der Waals surface area contributed by atoms with Crippen LogP contribution in [0.3, 0.4) is 0 Å². The molecular weight excluding hydrogens is 198 g/mol. The summed E-state index contributed by atoms with van der Waals surface area (Å²) in [5, 5.41) is 8.68. The summed E-state index contributed by atoms with van der Waals surface area (Å²) in [4.78, 5) is 2.51. The van der Waals surface area contributed by atoms with E-state index in [1.54, 1.807) is 0 Å². The second-order valence-electron chi connectivity index (χ2n) is 5.40. The van der Waals surface area contributed by atoms with Crippen LogP contribution < -0.4 is 0 Å². The van der Waals surface area contributed by atoms with Gasteiger partial charge in [0.25, 0.3) is 0 Å². The number of hydrogen-bond acceptors (Lipinski definition) is 2. The molecule has 0 atom stereocenters. The molecule has 0 bridgehead atoms. The van der Waals surface area contributed by atoms with Gasteiger partial charge in [-0.25, -0.2) is 0 Å². The van der Waals surface area contributed by atoms with Crippen LogP contribution in [0.4, 0.5) is 0 Å². The Labute approximate surface area is 101 Å². The molecule has 1 aliphatic carbocycles. The van der Waals surface area contributed by atoms with E-state index in [1.807, 2.05) is 0 Å². The third-order valence-corrected chi connectivity index (χ3v) is 3.74. The van der Waals surface area contributed by atoms with Crippen molar-refractivity contribution in [2.45, 2.75) is 57.8 Å². The summed E-state index contributed by atoms with van der Waals surface area (Å²) in [5.74, 6) is 0.969. The lowest BCUT2D eigenvalue weighted by molar-refractivity contribution is 0.228. The van der Waals surface area contributed by atoms with E-state index >= 15 is 0 Å². The Bertz CT molecular complexity index is 155. The Kier molecular flexibility index (Phi) is 7.87. The molecule has 1 aliphatic rings. The van der Waals surface area contributed by atoms with Crippen LogP contribution in [0.2, 0.25) is 0 Å². The average molecular weight is 227 g/mol. The number of nitrogens with zero attached hydrogens (tertiary/aromatic N) is 1. The molecule has 0 aromatic heterocycles. The van der Waals surface area contributed by atoms with Gasteiger partial charge >= 0.3 is 0 Å². The molecule has 1 rings (SSSR count). The zero-order valence-electron chi connectivity index (χ0n) is 11.0. The number of rotatable bonds is 8. The molecule has 0 heterocycles. The summed E-state index contributed by atoms with van der Waals surface area (Å²) < 4.78 is 0. The van der Waals surface area contributed by atoms with E-state index in [4.69, 9.17) is 5.11 Å². The van der Waals surface area contributed by atoms with E-state index < -0.39 is 0 Å². The summed E-state index contributed by atoms with van der Waals surface area (Å²) in [6, 6.07) is 0. The third kappa shape index (κ3) is 6.49. The second-order valence-corrected chi connectivity index (χ2v) is 5.40. The first kappa shape index (κ1) is 14.0. The molecule has 0 radical (unpaired) electrons. The van der Waals surface area contributed by atoms with Gasteiger partial charge < -0.3 is 10.0 Å². The first-order valence-electron chi connectivity index (χ1n) is 7.12. The fourth-order valence-corrected chi connectivity index (χ4v) is 2.75. The zero-order valence-corrected chi connectivity index (χ0v) is 11.0. The number of hydrogen-bond donors (Lipinski definition) is 1. The van der Waals surface area contributed by atoms with Crippen LogP contribution in [0.25, 0.3) is 0 Å². The van der Waals surface area contributed by atoms with Crippen LogP contribution in [-0.2, 0) is 0 Å². The van der Waals surface area contributed by atoms with Crippen molar-refractivity contribution >= 4 is 0 Å². The highest BCUT2D eigenvalue weighted by atomic mass is 16.2.